The molecule has 1 aromatic carbocycles. The van der Waals surface area contributed by atoms with E-state index in [-0.39, 0.29) is 0 Å². The molecular formula is C19H19Cl3N4. The topological polar surface area (TPSA) is 42.7 Å². The fourth-order valence-corrected chi connectivity index (χ4v) is 3.45. The molecule has 26 heavy (non-hydrogen) atoms. The summed E-state index contributed by atoms with van der Waals surface area (Å²) in [7, 11) is 0. The third-order valence-corrected chi connectivity index (χ3v) is 5.11. The zero-order valence-corrected chi connectivity index (χ0v) is 16.6. The molecule has 0 bridgehead atoms. The molecule has 0 fully saturated rings. The SMILES string of the molecule is Cc1nn(Cc2ccc(Cl)cc2Cl)c(Cl)c1CNCCc1ccccn1. The van der Waals surface area contributed by atoms with Crippen LogP contribution in [0.3, 0.4) is 0 Å². The molecule has 2 aromatic heterocycles. The minimum atomic E-state index is 0.504. The summed E-state index contributed by atoms with van der Waals surface area (Å²) < 4.78 is 1.77. The third kappa shape index (κ3) is 4.77. The summed E-state index contributed by atoms with van der Waals surface area (Å²) in [6, 6.07) is 11.4. The molecule has 1 N–H and O–H groups in total. The van der Waals surface area contributed by atoms with Crippen LogP contribution >= 0.6 is 34.8 Å². The van der Waals surface area contributed by atoms with Crippen LogP contribution in [0.15, 0.2) is 42.6 Å². The summed E-state index contributed by atoms with van der Waals surface area (Å²) in [5, 5.41) is 9.80. The number of hydrogen-bond donors (Lipinski definition) is 1. The van der Waals surface area contributed by atoms with Gasteiger partial charge in [-0.25, -0.2) is 4.68 Å². The molecular weight excluding hydrogens is 391 g/mol. The van der Waals surface area contributed by atoms with Gasteiger partial charge in [-0.1, -0.05) is 46.9 Å². The average Bonchev–Trinajstić information content (AvgIpc) is 2.89. The van der Waals surface area contributed by atoms with Gasteiger partial charge in [0.15, 0.2) is 0 Å². The number of hydrogen-bond acceptors (Lipinski definition) is 3. The smallest absolute Gasteiger partial charge is 0.132 e. The van der Waals surface area contributed by atoms with Crippen LogP contribution < -0.4 is 5.32 Å². The van der Waals surface area contributed by atoms with Gasteiger partial charge in [0.05, 0.1) is 12.2 Å². The number of aromatic nitrogens is 3. The van der Waals surface area contributed by atoms with Gasteiger partial charge in [-0.05, 0) is 36.8 Å². The minimum absolute atomic E-state index is 0.504. The largest absolute Gasteiger partial charge is 0.312 e. The predicted octanol–water partition coefficient (Wildman–Crippen LogP) is 4.93. The van der Waals surface area contributed by atoms with E-state index in [1.54, 1.807) is 10.7 Å². The first-order valence-corrected chi connectivity index (χ1v) is 9.44. The van der Waals surface area contributed by atoms with E-state index in [4.69, 9.17) is 34.8 Å². The van der Waals surface area contributed by atoms with E-state index in [0.29, 0.717) is 28.3 Å². The first-order chi connectivity index (χ1) is 12.5. The van der Waals surface area contributed by atoms with Crippen molar-refractivity contribution in [3.63, 3.8) is 0 Å². The number of nitrogens with zero attached hydrogens (tertiary/aromatic N) is 3. The fourth-order valence-electron chi connectivity index (χ4n) is 2.68. The Morgan fingerprint density at radius 2 is 1.96 bits per heavy atom. The van der Waals surface area contributed by atoms with Gasteiger partial charge in [-0.15, -0.1) is 0 Å². The first kappa shape index (κ1) is 19.2. The Hall–Kier alpha value is -1.59. The van der Waals surface area contributed by atoms with Crippen LogP contribution in [0, 0.1) is 6.92 Å². The Morgan fingerprint density at radius 1 is 1.12 bits per heavy atom. The van der Waals surface area contributed by atoms with Crippen molar-refractivity contribution in [2.45, 2.75) is 26.4 Å². The van der Waals surface area contributed by atoms with Crippen LogP contribution in [-0.4, -0.2) is 21.3 Å². The van der Waals surface area contributed by atoms with E-state index in [1.807, 2.05) is 43.5 Å². The van der Waals surface area contributed by atoms with Crippen LogP contribution in [0.5, 0.6) is 0 Å². The molecule has 0 aliphatic heterocycles. The van der Waals surface area contributed by atoms with Gasteiger partial charge in [0, 0.05) is 47.0 Å². The molecule has 0 aliphatic carbocycles. The lowest BCUT2D eigenvalue weighted by molar-refractivity contribution is 0.672. The maximum absolute atomic E-state index is 6.54. The van der Waals surface area contributed by atoms with Crippen LogP contribution in [0.4, 0.5) is 0 Å². The Balaban J connectivity index is 1.62. The normalized spacial score (nSPS) is 11.1. The quantitative estimate of drug-likeness (QED) is 0.563. The molecule has 2 heterocycles. The van der Waals surface area contributed by atoms with Crippen LogP contribution in [0.25, 0.3) is 0 Å². The lowest BCUT2D eigenvalue weighted by atomic mass is 10.2. The zero-order valence-electron chi connectivity index (χ0n) is 14.3. The van der Waals surface area contributed by atoms with Crippen LogP contribution in [0.1, 0.15) is 22.5 Å². The van der Waals surface area contributed by atoms with Crippen molar-refractivity contribution in [3.8, 4) is 0 Å². The second-order valence-corrected chi connectivity index (χ2v) is 7.20. The molecule has 0 saturated carbocycles. The lowest BCUT2D eigenvalue weighted by Gasteiger charge is -2.07. The maximum atomic E-state index is 6.54. The van der Waals surface area contributed by atoms with E-state index in [0.717, 1.165) is 35.5 Å². The summed E-state index contributed by atoms with van der Waals surface area (Å²) >= 11 is 18.7. The van der Waals surface area contributed by atoms with Gasteiger partial charge >= 0.3 is 0 Å². The minimum Gasteiger partial charge on any atom is -0.312 e. The molecule has 136 valence electrons. The maximum Gasteiger partial charge on any atom is 0.132 e. The van der Waals surface area contributed by atoms with Gasteiger partial charge in [0.1, 0.15) is 5.15 Å². The average molecular weight is 410 g/mol. The molecule has 0 amide bonds. The van der Waals surface area contributed by atoms with Gasteiger partial charge < -0.3 is 5.32 Å². The molecule has 3 aromatic rings. The number of benzene rings is 1. The third-order valence-electron chi connectivity index (χ3n) is 4.10. The highest BCUT2D eigenvalue weighted by molar-refractivity contribution is 6.35. The summed E-state index contributed by atoms with van der Waals surface area (Å²) in [5.41, 5.74) is 3.90. The van der Waals surface area contributed by atoms with E-state index in [1.165, 1.54) is 0 Å². The number of pyridine rings is 1. The zero-order chi connectivity index (χ0) is 18.5. The highest BCUT2D eigenvalue weighted by Crippen LogP contribution is 2.25. The van der Waals surface area contributed by atoms with E-state index >= 15 is 0 Å². The summed E-state index contributed by atoms with van der Waals surface area (Å²) in [5.74, 6) is 0. The summed E-state index contributed by atoms with van der Waals surface area (Å²) in [4.78, 5) is 4.32. The first-order valence-electron chi connectivity index (χ1n) is 8.31. The van der Waals surface area contributed by atoms with E-state index in [9.17, 15) is 0 Å². The molecule has 0 saturated heterocycles. The van der Waals surface area contributed by atoms with Crippen molar-refractivity contribution < 1.29 is 0 Å². The second kappa shape index (κ2) is 8.87. The molecule has 0 aliphatic rings. The van der Waals surface area contributed by atoms with E-state index in [2.05, 4.69) is 15.4 Å². The van der Waals surface area contributed by atoms with Gasteiger partial charge in [-0.3, -0.25) is 4.98 Å². The van der Waals surface area contributed by atoms with Gasteiger partial charge in [0.2, 0.25) is 0 Å². The van der Waals surface area contributed by atoms with Crippen molar-refractivity contribution >= 4 is 34.8 Å². The monoisotopic (exact) mass is 408 g/mol. The summed E-state index contributed by atoms with van der Waals surface area (Å²) in [6.45, 7) is 3.94. The molecule has 0 unspecified atom stereocenters. The lowest BCUT2D eigenvalue weighted by Crippen LogP contribution is -2.17. The van der Waals surface area contributed by atoms with Crippen molar-refractivity contribution in [2.75, 3.05) is 6.54 Å². The molecule has 0 atom stereocenters. The van der Waals surface area contributed by atoms with Gasteiger partial charge in [0.25, 0.3) is 0 Å². The fraction of sp³-hybridized carbons (Fsp3) is 0.263. The Labute approximate surface area is 168 Å². The summed E-state index contributed by atoms with van der Waals surface area (Å²) in [6.07, 6.45) is 2.67. The van der Waals surface area contributed by atoms with Crippen LogP contribution in [-0.2, 0) is 19.5 Å². The number of nitrogens with one attached hydrogen (secondary N) is 1. The van der Waals surface area contributed by atoms with Gasteiger partial charge in [-0.2, -0.15) is 5.10 Å². The van der Waals surface area contributed by atoms with Crippen molar-refractivity contribution in [2.24, 2.45) is 0 Å². The number of rotatable bonds is 7. The number of halogens is 3. The molecule has 7 heteroatoms. The van der Waals surface area contributed by atoms with Crippen molar-refractivity contribution in [1.82, 2.24) is 20.1 Å². The van der Waals surface area contributed by atoms with Crippen molar-refractivity contribution in [1.29, 1.82) is 0 Å². The number of aryl methyl sites for hydroxylation is 1. The van der Waals surface area contributed by atoms with Crippen LogP contribution in [0.2, 0.25) is 15.2 Å². The predicted molar refractivity (Wildman–Crippen MR) is 107 cm³/mol. The molecule has 0 radical (unpaired) electrons. The second-order valence-electron chi connectivity index (χ2n) is 6.00. The van der Waals surface area contributed by atoms with E-state index < -0.39 is 0 Å². The molecule has 0 spiro atoms. The standard InChI is InChI=1S/C19H19Cl3N4/c1-13-17(11-23-9-7-16-4-2-3-8-24-16)19(22)26(25-13)12-14-5-6-15(20)10-18(14)21/h2-6,8,10,23H,7,9,11-12H2,1H3. The Kier molecular flexibility index (Phi) is 6.54. The Morgan fingerprint density at radius 3 is 2.69 bits per heavy atom. The molecule has 4 nitrogen and oxygen atoms in total. The Bertz CT molecular complexity index is 878. The highest BCUT2D eigenvalue weighted by atomic mass is 35.5. The highest BCUT2D eigenvalue weighted by Gasteiger charge is 2.14. The van der Waals surface area contributed by atoms with Crippen molar-refractivity contribution in [3.05, 3.63) is 80.3 Å². The molecule has 3 rings (SSSR count).